The van der Waals surface area contributed by atoms with E-state index in [1.165, 1.54) is 38.9 Å². The van der Waals surface area contributed by atoms with Gasteiger partial charge in [0.1, 0.15) is 49.7 Å². The van der Waals surface area contributed by atoms with E-state index in [9.17, 15) is 19.2 Å². The molecule has 1 aliphatic heterocycles. The number of rotatable bonds is 6. The minimum absolute atomic E-state index is 0.0244. The zero-order valence-electron chi connectivity index (χ0n) is 26.2. The molecule has 6 aromatic heterocycles. The Morgan fingerprint density at radius 1 is 0.540 bits per heavy atom. The highest BCUT2D eigenvalue weighted by Gasteiger charge is 2.28. The molecule has 0 radical (unpaired) electrons. The molecule has 2 atom stereocenters. The Hall–Kier alpha value is -6.86. The topological polar surface area (TPSA) is 273 Å². The molecule has 0 unspecified atom stereocenters. The van der Waals surface area contributed by atoms with Gasteiger partial charge in [-0.2, -0.15) is 0 Å². The fourth-order valence-electron chi connectivity index (χ4n) is 4.83. The Labute approximate surface area is 279 Å². The number of amides is 4. The average molecular weight is 687 g/mol. The van der Waals surface area contributed by atoms with Crippen molar-refractivity contribution in [2.45, 2.75) is 38.8 Å². The average Bonchev–Trinajstić information content (AvgIpc) is 3.93. The van der Waals surface area contributed by atoms with E-state index in [1.54, 1.807) is 0 Å². The first-order chi connectivity index (χ1) is 24.2. The Balaban J connectivity index is 1.24. The third-order valence-electron chi connectivity index (χ3n) is 7.22. The number of nitrogens with one attached hydrogen (secondary N) is 4. The van der Waals surface area contributed by atoms with Crippen LogP contribution >= 0.6 is 0 Å². The summed E-state index contributed by atoms with van der Waals surface area (Å²) < 4.78 is 33.5. The number of carbonyl (C=O) groups excluding carboxylic acids is 4. The lowest BCUT2D eigenvalue weighted by Gasteiger charge is -2.15. The zero-order valence-corrected chi connectivity index (χ0v) is 26.2. The molecule has 0 saturated carbocycles. The van der Waals surface area contributed by atoms with Crippen molar-refractivity contribution in [3.8, 4) is 46.3 Å². The number of fused-ring (bicyclic) bond motifs is 16. The second kappa shape index (κ2) is 13.3. The van der Waals surface area contributed by atoms with Gasteiger partial charge in [0.25, 0.3) is 11.8 Å². The van der Waals surface area contributed by atoms with Gasteiger partial charge in [-0.1, -0.05) is 0 Å². The van der Waals surface area contributed by atoms with Crippen molar-refractivity contribution in [2.24, 2.45) is 0 Å². The van der Waals surface area contributed by atoms with Crippen LogP contribution in [0.1, 0.15) is 71.5 Å². The van der Waals surface area contributed by atoms with Gasteiger partial charge < -0.3 is 47.8 Å². The molecule has 0 fully saturated rings. The molecule has 20 nitrogen and oxygen atoms in total. The van der Waals surface area contributed by atoms with Gasteiger partial charge in [0, 0.05) is 26.9 Å². The number of oxazole rings is 6. The third kappa shape index (κ3) is 6.74. The van der Waals surface area contributed by atoms with Gasteiger partial charge in [-0.15, -0.1) is 0 Å². The van der Waals surface area contributed by atoms with E-state index in [4.69, 9.17) is 26.5 Å². The molecular formula is C30H26N10O10. The minimum Gasteiger partial charge on any atom is -0.446 e. The third-order valence-corrected chi connectivity index (χ3v) is 7.22. The normalized spacial score (nSPS) is 15.9. The number of aromatic nitrogens is 6. The molecule has 6 aromatic rings. The maximum Gasteiger partial charge on any atom is 0.273 e. The van der Waals surface area contributed by atoms with E-state index >= 15 is 0 Å². The quantitative estimate of drug-likeness (QED) is 0.196. The summed E-state index contributed by atoms with van der Waals surface area (Å²) in [4.78, 5) is 75.7. The molecular weight excluding hydrogens is 660 g/mol. The summed E-state index contributed by atoms with van der Waals surface area (Å²) in [6, 6.07) is -1.64. The van der Waals surface area contributed by atoms with Crippen LogP contribution in [-0.2, 0) is 9.59 Å². The maximum atomic E-state index is 13.3. The molecule has 256 valence electrons. The van der Waals surface area contributed by atoms with Crippen LogP contribution in [0.2, 0.25) is 0 Å². The highest BCUT2D eigenvalue weighted by molar-refractivity contribution is 5.93. The first-order valence-electron chi connectivity index (χ1n) is 15.0. The van der Waals surface area contributed by atoms with Gasteiger partial charge >= 0.3 is 0 Å². The van der Waals surface area contributed by atoms with Gasteiger partial charge in [0.2, 0.25) is 47.2 Å². The van der Waals surface area contributed by atoms with Crippen molar-refractivity contribution >= 4 is 23.6 Å². The van der Waals surface area contributed by atoms with Gasteiger partial charge in [-0.25, -0.2) is 29.9 Å². The van der Waals surface area contributed by atoms with E-state index in [1.807, 2.05) is 0 Å². The molecule has 7 heterocycles. The number of carbonyl (C=O) groups is 4. The zero-order chi connectivity index (χ0) is 34.8. The molecule has 0 aromatic carbocycles. The van der Waals surface area contributed by atoms with E-state index in [0.717, 1.165) is 12.5 Å². The van der Waals surface area contributed by atoms with E-state index in [-0.39, 0.29) is 107 Å². The van der Waals surface area contributed by atoms with Crippen LogP contribution < -0.4 is 21.3 Å². The van der Waals surface area contributed by atoms with E-state index < -0.39 is 23.9 Å². The Bertz CT molecular complexity index is 2030. The molecule has 1 aliphatic rings. The van der Waals surface area contributed by atoms with Crippen LogP contribution in [0.5, 0.6) is 0 Å². The summed E-state index contributed by atoms with van der Waals surface area (Å²) in [5.41, 5.74) is 0.503. The first-order valence-corrected chi connectivity index (χ1v) is 15.0. The number of hydrogen-bond acceptors (Lipinski definition) is 16. The molecule has 0 spiro atoms. The highest BCUT2D eigenvalue weighted by atomic mass is 16.4. The van der Waals surface area contributed by atoms with Crippen molar-refractivity contribution in [1.82, 2.24) is 51.2 Å². The summed E-state index contributed by atoms with van der Waals surface area (Å²) in [5.74, 6) is -1.57. The Morgan fingerprint density at radius 2 is 0.860 bits per heavy atom. The van der Waals surface area contributed by atoms with Crippen LogP contribution in [0, 0.1) is 0 Å². The lowest BCUT2D eigenvalue weighted by molar-refractivity contribution is -0.119. The summed E-state index contributed by atoms with van der Waals surface area (Å²) in [6.45, 7) is 3.11. The fourth-order valence-corrected chi connectivity index (χ4v) is 4.83. The van der Waals surface area contributed by atoms with Crippen LogP contribution in [-0.4, -0.2) is 66.6 Å². The fraction of sp³-hybridized carbons (Fsp3) is 0.267. The molecule has 4 N–H and O–H groups in total. The van der Waals surface area contributed by atoms with Crippen LogP contribution in [0.15, 0.2) is 64.1 Å². The van der Waals surface area contributed by atoms with E-state index in [2.05, 4.69) is 51.2 Å². The van der Waals surface area contributed by atoms with Crippen molar-refractivity contribution in [3.05, 3.63) is 60.7 Å². The predicted molar refractivity (Wildman–Crippen MR) is 162 cm³/mol. The SMILES string of the molecule is CC(=O)NCC[C@@H]1NC(=O)c2coc(n2)-c2coc(n2)-c2coc(n2)[C@H](CCNC(C)=O)NC(=O)c2coc(n2)-c2coc(n2)-c2coc1n2. The summed E-state index contributed by atoms with van der Waals surface area (Å²) >= 11 is 0. The molecule has 12 bridgehead atoms. The van der Waals surface area contributed by atoms with Crippen LogP contribution in [0.3, 0.4) is 0 Å². The maximum absolute atomic E-state index is 13.3. The van der Waals surface area contributed by atoms with Crippen molar-refractivity contribution < 1.29 is 45.7 Å². The molecule has 7 rings (SSSR count). The molecule has 0 aliphatic carbocycles. The van der Waals surface area contributed by atoms with E-state index in [0.29, 0.717) is 0 Å². The van der Waals surface area contributed by atoms with Crippen molar-refractivity contribution in [3.63, 3.8) is 0 Å². The lowest BCUT2D eigenvalue weighted by atomic mass is 10.2. The highest BCUT2D eigenvalue weighted by Crippen LogP contribution is 2.29. The van der Waals surface area contributed by atoms with Gasteiger partial charge in [-0.05, 0) is 12.8 Å². The Morgan fingerprint density at radius 3 is 1.24 bits per heavy atom. The van der Waals surface area contributed by atoms with Gasteiger partial charge in [0.15, 0.2) is 34.2 Å². The second-order valence-corrected chi connectivity index (χ2v) is 10.9. The van der Waals surface area contributed by atoms with Crippen LogP contribution in [0.4, 0.5) is 0 Å². The first kappa shape index (κ1) is 31.7. The smallest absolute Gasteiger partial charge is 0.273 e. The van der Waals surface area contributed by atoms with Gasteiger partial charge in [-0.3, -0.25) is 19.2 Å². The summed E-state index contributed by atoms with van der Waals surface area (Å²) in [6.07, 6.45) is 7.78. The molecule has 20 heteroatoms. The number of nitrogens with zero attached hydrogens (tertiary/aromatic N) is 6. The van der Waals surface area contributed by atoms with Crippen molar-refractivity contribution in [2.75, 3.05) is 13.1 Å². The predicted octanol–water partition coefficient (Wildman–Crippen LogP) is 2.59. The molecule has 50 heavy (non-hydrogen) atoms. The minimum atomic E-state index is -0.821. The second-order valence-electron chi connectivity index (χ2n) is 10.9. The monoisotopic (exact) mass is 686 g/mol. The summed E-state index contributed by atoms with van der Waals surface area (Å²) in [5, 5.41) is 10.9. The Kier molecular flexibility index (Phi) is 8.46. The standard InChI is InChI=1S/C30H26N10O10/c1-13(41)31-5-3-15-25-37-21(9-47-25)29-39-20(11-49-29)28-36-18(8-46-28)24(44)34-16(4-6-32-14(2)42)26-38-22(10-48-26)30-40-19(12-50-30)27-35-17(7-45-27)23(43)33-15/h7-12,15-16H,3-6H2,1-2H3,(H,31,41)(H,32,42)(H,33,43)(H,34,44)/t15-,16-/m0/s1. The van der Waals surface area contributed by atoms with Gasteiger partial charge in [0.05, 0.1) is 0 Å². The lowest BCUT2D eigenvalue weighted by Crippen LogP contribution is -2.32. The summed E-state index contributed by atoms with van der Waals surface area (Å²) in [7, 11) is 0. The molecule has 4 amide bonds. The largest absolute Gasteiger partial charge is 0.446 e. The van der Waals surface area contributed by atoms with Crippen LogP contribution in [0.25, 0.3) is 46.3 Å². The molecule has 0 saturated heterocycles. The van der Waals surface area contributed by atoms with Crippen molar-refractivity contribution in [1.29, 1.82) is 0 Å². The number of hydrogen-bond donors (Lipinski definition) is 4.